The van der Waals surface area contributed by atoms with Gasteiger partial charge in [-0.2, -0.15) is 0 Å². The third-order valence-electron chi connectivity index (χ3n) is 3.40. The van der Waals surface area contributed by atoms with Crippen molar-refractivity contribution < 1.29 is 8.78 Å². The molecule has 1 aromatic rings. The van der Waals surface area contributed by atoms with Crippen molar-refractivity contribution in [3.05, 3.63) is 34.4 Å². The highest BCUT2D eigenvalue weighted by molar-refractivity contribution is 6.30. The van der Waals surface area contributed by atoms with Crippen LogP contribution in [0.3, 0.4) is 0 Å². The van der Waals surface area contributed by atoms with Crippen LogP contribution in [0.25, 0.3) is 0 Å². The molecule has 2 nitrogen and oxygen atoms in total. The maximum Gasteiger partial charge on any atom is 0.149 e. The first kappa shape index (κ1) is 13.7. The van der Waals surface area contributed by atoms with E-state index in [-0.39, 0.29) is 16.6 Å². The van der Waals surface area contributed by atoms with Crippen molar-refractivity contribution in [2.24, 2.45) is 5.73 Å². The van der Waals surface area contributed by atoms with Gasteiger partial charge in [-0.25, -0.2) is 8.78 Å². The van der Waals surface area contributed by atoms with Crippen LogP contribution in [0.15, 0.2) is 12.1 Å². The Kier molecular flexibility index (Phi) is 4.20. The summed E-state index contributed by atoms with van der Waals surface area (Å²) in [6.45, 7) is 2.91. The molecular weight excluding hydrogens is 258 g/mol. The molecule has 1 aliphatic rings. The molecule has 0 aliphatic heterocycles. The number of rotatable bonds is 5. The first-order valence-electron chi connectivity index (χ1n) is 6.15. The molecule has 0 bridgehead atoms. The molecule has 1 atom stereocenters. The monoisotopic (exact) mass is 274 g/mol. The first-order chi connectivity index (χ1) is 8.56. The van der Waals surface area contributed by atoms with Crippen molar-refractivity contribution in [1.29, 1.82) is 0 Å². The number of hydrogen-bond acceptors (Lipinski definition) is 2. The lowest BCUT2D eigenvalue weighted by atomic mass is 10.0. The number of hydrogen-bond donors (Lipinski definition) is 1. The second-order valence-electron chi connectivity index (χ2n) is 4.69. The molecule has 2 N–H and O–H groups in total. The molecule has 0 saturated heterocycles. The fourth-order valence-electron chi connectivity index (χ4n) is 2.34. The standard InChI is InChI=1S/C13H17ClF2N2/c1-8(18(7-6-17)9-2-3-9)12-11(15)5-4-10(14)13(12)16/h4-5,8-9H,2-3,6-7,17H2,1H3. The van der Waals surface area contributed by atoms with E-state index in [2.05, 4.69) is 4.90 Å². The van der Waals surface area contributed by atoms with E-state index < -0.39 is 11.6 Å². The second kappa shape index (κ2) is 5.51. The van der Waals surface area contributed by atoms with Crippen molar-refractivity contribution in [3.8, 4) is 0 Å². The van der Waals surface area contributed by atoms with Gasteiger partial charge in [0, 0.05) is 30.7 Å². The van der Waals surface area contributed by atoms with E-state index in [9.17, 15) is 8.78 Å². The SMILES string of the molecule is CC(c1c(F)ccc(Cl)c1F)N(CCN)C1CC1. The molecule has 0 aromatic heterocycles. The summed E-state index contributed by atoms with van der Waals surface area (Å²) in [7, 11) is 0. The molecule has 0 radical (unpaired) electrons. The summed E-state index contributed by atoms with van der Waals surface area (Å²) in [6, 6.07) is 2.50. The van der Waals surface area contributed by atoms with Crippen molar-refractivity contribution in [2.75, 3.05) is 13.1 Å². The van der Waals surface area contributed by atoms with Crippen LogP contribution in [-0.4, -0.2) is 24.0 Å². The molecule has 2 rings (SSSR count). The molecule has 100 valence electrons. The smallest absolute Gasteiger partial charge is 0.149 e. The zero-order valence-electron chi connectivity index (χ0n) is 10.3. The van der Waals surface area contributed by atoms with Crippen LogP contribution in [0, 0.1) is 11.6 Å². The molecule has 1 saturated carbocycles. The minimum absolute atomic E-state index is 0.0401. The molecule has 1 fully saturated rings. The third kappa shape index (κ3) is 2.66. The summed E-state index contributed by atoms with van der Waals surface area (Å²) in [5, 5.41) is -0.0401. The van der Waals surface area contributed by atoms with Gasteiger partial charge in [0.2, 0.25) is 0 Å². The minimum Gasteiger partial charge on any atom is -0.329 e. The maximum absolute atomic E-state index is 14.0. The molecule has 1 aliphatic carbocycles. The molecular formula is C13H17ClF2N2. The average molecular weight is 275 g/mol. The molecule has 0 amide bonds. The van der Waals surface area contributed by atoms with Gasteiger partial charge in [0.25, 0.3) is 0 Å². The lowest BCUT2D eigenvalue weighted by molar-refractivity contribution is 0.198. The largest absolute Gasteiger partial charge is 0.329 e. The molecule has 1 unspecified atom stereocenters. The Morgan fingerprint density at radius 3 is 2.67 bits per heavy atom. The van der Waals surface area contributed by atoms with E-state index in [1.54, 1.807) is 6.92 Å². The van der Waals surface area contributed by atoms with E-state index >= 15 is 0 Å². The van der Waals surface area contributed by atoms with Crippen molar-refractivity contribution in [2.45, 2.75) is 31.8 Å². The maximum atomic E-state index is 14.0. The van der Waals surface area contributed by atoms with Gasteiger partial charge in [-0.15, -0.1) is 0 Å². The summed E-state index contributed by atoms with van der Waals surface area (Å²) < 4.78 is 27.8. The van der Waals surface area contributed by atoms with Crippen LogP contribution >= 0.6 is 11.6 Å². The lowest BCUT2D eigenvalue weighted by Gasteiger charge is -2.29. The van der Waals surface area contributed by atoms with Gasteiger partial charge in [-0.1, -0.05) is 11.6 Å². The fraction of sp³-hybridized carbons (Fsp3) is 0.538. The summed E-state index contributed by atoms with van der Waals surface area (Å²) in [5.74, 6) is -1.21. The van der Waals surface area contributed by atoms with Crippen LogP contribution in [-0.2, 0) is 0 Å². The normalized spacial score (nSPS) is 17.2. The van der Waals surface area contributed by atoms with Crippen molar-refractivity contribution in [1.82, 2.24) is 4.90 Å². The fourth-order valence-corrected chi connectivity index (χ4v) is 2.50. The van der Waals surface area contributed by atoms with Crippen LogP contribution in [0.4, 0.5) is 8.78 Å². The van der Waals surface area contributed by atoms with E-state index in [1.807, 2.05) is 0 Å². The second-order valence-corrected chi connectivity index (χ2v) is 5.10. The Hall–Kier alpha value is -0.710. The Morgan fingerprint density at radius 2 is 2.11 bits per heavy atom. The van der Waals surface area contributed by atoms with E-state index in [1.165, 1.54) is 12.1 Å². The summed E-state index contributed by atoms with van der Waals surface area (Å²) in [6.07, 6.45) is 2.13. The lowest BCUT2D eigenvalue weighted by Crippen LogP contribution is -2.34. The topological polar surface area (TPSA) is 29.3 Å². The van der Waals surface area contributed by atoms with Gasteiger partial charge in [0.15, 0.2) is 0 Å². The highest BCUT2D eigenvalue weighted by Crippen LogP contribution is 2.36. The van der Waals surface area contributed by atoms with Gasteiger partial charge in [-0.05, 0) is 31.9 Å². The summed E-state index contributed by atoms with van der Waals surface area (Å²) >= 11 is 5.72. The Bertz CT molecular complexity index is 435. The Balaban J connectivity index is 2.31. The minimum atomic E-state index is -0.660. The van der Waals surface area contributed by atoms with Gasteiger partial charge >= 0.3 is 0 Å². The predicted molar refractivity (Wildman–Crippen MR) is 68.6 cm³/mol. The van der Waals surface area contributed by atoms with E-state index in [0.717, 1.165) is 12.8 Å². The van der Waals surface area contributed by atoms with Crippen LogP contribution in [0.2, 0.25) is 5.02 Å². The van der Waals surface area contributed by atoms with Gasteiger partial charge < -0.3 is 5.73 Å². The Morgan fingerprint density at radius 1 is 1.44 bits per heavy atom. The van der Waals surface area contributed by atoms with Gasteiger partial charge in [-0.3, -0.25) is 4.90 Å². The zero-order valence-corrected chi connectivity index (χ0v) is 11.1. The molecule has 0 heterocycles. The van der Waals surface area contributed by atoms with Crippen LogP contribution in [0.5, 0.6) is 0 Å². The highest BCUT2D eigenvalue weighted by atomic mass is 35.5. The number of benzene rings is 1. The number of nitrogens with two attached hydrogens (primary N) is 1. The quantitative estimate of drug-likeness (QED) is 0.836. The summed E-state index contributed by atoms with van der Waals surface area (Å²) in [4.78, 5) is 2.05. The molecule has 18 heavy (non-hydrogen) atoms. The van der Waals surface area contributed by atoms with E-state index in [4.69, 9.17) is 17.3 Å². The first-order valence-corrected chi connectivity index (χ1v) is 6.53. The molecule has 5 heteroatoms. The van der Waals surface area contributed by atoms with Gasteiger partial charge in [0.1, 0.15) is 11.6 Å². The van der Waals surface area contributed by atoms with Gasteiger partial charge in [0.05, 0.1) is 5.02 Å². The highest BCUT2D eigenvalue weighted by Gasteiger charge is 2.34. The number of halogens is 3. The van der Waals surface area contributed by atoms with Crippen LogP contribution < -0.4 is 5.73 Å². The number of nitrogens with zero attached hydrogens (tertiary/aromatic N) is 1. The predicted octanol–water partition coefficient (Wildman–Crippen LogP) is 3.10. The summed E-state index contributed by atoms with van der Waals surface area (Å²) in [5.41, 5.74) is 5.61. The Labute approximate surface area is 111 Å². The zero-order chi connectivity index (χ0) is 13.3. The average Bonchev–Trinajstić information content (AvgIpc) is 3.15. The molecule has 1 aromatic carbocycles. The third-order valence-corrected chi connectivity index (χ3v) is 3.69. The van der Waals surface area contributed by atoms with E-state index in [0.29, 0.717) is 19.1 Å². The molecule has 0 spiro atoms. The van der Waals surface area contributed by atoms with Crippen molar-refractivity contribution >= 4 is 11.6 Å². The van der Waals surface area contributed by atoms with Crippen molar-refractivity contribution in [3.63, 3.8) is 0 Å². The van der Waals surface area contributed by atoms with Crippen LogP contribution in [0.1, 0.15) is 31.4 Å².